The van der Waals surface area contributed by atoms with Crippen molar-refractivity contribution in [1.82, 2.24) is 0 Å². The lowest BCUT2D eigenvalue weighted by Crippen LogP contribution is -2.28. The summed E-state index contributed by atoms with van der Waals surface area (Å²) in [5.74, 6) is -0.139. The second-order valence-corrected chi connectivity index (χ2v) is 10.7. The predicted octanol–water partition coefficient (Wildman–Crippen LogP) is 5.89. The molecule has 0 aliphatic carbocycles. The van der Waals surface area contributed by atoms with E-state index in [4.69, 9.17) is 0 Å². The van der Waals surface area contributed by atoms with Crippen LogP contribution < -0.4 is 0 Å². The van der Waals surface area contributed by atoms with Gasteiger partial charge in [0.1, 0.15) is 4.58 Å². The number of allylic oxidation sites excluding steroid dienone is 1. The molecule has 3 rings (SSSR count). The summed E-state index contributed by atoms with van der Waals surface area (Å²) in [7, 11) is -2.81. The fourth-order valence-electron chi connectivity index (χ4n) is 3.00. The topological polar surface area (TPSA) is 34.1 Å². The summed E-state index contributed by atoms with van der Waals surface area (Å²) in [5.41, 5.74) is 3.29. The normalized spacial score (nSPS) is 15.7. The number of hydrogen-bond donors (Lipinski definition) is 0. The Morgan fingerprint density at radius 1 is 0.690 bits per heavy atom. The molecule has 4 heteroatoms. The lowest BCUT2D eigenvalue weighted by molar-refractivity contribution is 0.651. The van der Waals surface area contributed by atoms with Crippen LogP contribution in [0.5, 0.6) is 0 Å². The highest BCUT2D eigenvalue weighted by atomic mass is 32.2. The molecule has 2 nitrogen and oxygen atoms in total. The number of aryl methyl sites for hydroxylation is 2. The van der Waals surface area contributed by atoms with Gasteiger partial charge < -0.3 is 0 Å². The van der Waals surface area contributed by atoms with Gasteiger partial charge in [-0.3, -0.25) is 8.42 Å². The average Bonchev–Trinajstić information content (AvgIpc) is 2.74. The van der Waals surface area contributed by atoms with Crippen LogP contribution in [-0.4, -0.2) is 13.0 Å². The first-order chi connectivity index (χ1) is 14.0. The maximum absolute atomic E-state index is 13.5. The minimum absolute atomic E-state index is 0.139. The fourth-order valence-corrected chi connectivity index (χ4v) is 6.61. The molecule has 0 saturated heterocycles. The van der Waals surface area contributed by atoms with E-state index in [2.05, 4.69) is 0 Å². The van der Waals surface area contributed by atoms with Crippen molar-refractivity contribution in [3.63, 3.8) is 0 Å². The smallest absolute Gasteiger partial charge is 0.125 e. The van der Waals surface area contributed by atoms with Crippen molar-refractivity contribution in [1.29, 1.82) is 0 Å². The molecule has 0 fully saturated rings. The van der Waals surface area contributed by atoms with Crippen molar-refractivity contribution in [2.75, 3.05) is 0 Å². The Balaban J connectivity index is 1.94. The highest BCUT2D eigenvalue weighted by molar-refractivity contribution is 8.03. The SMILES string of the molecule is Cc1ccc(S(=O)C([C@H](C)/C=C/c2ccccc2)S(=O)c2ccc(C)cc2)cc1. The van der Waals surface area contributed by atoms with Crippen LogP contribution in [0.2, 0.25) is 0 Å². The third-order valence-electron chi connectivity index (χ3n) is 4.75. The van der Waals surface area contributed by atoms with Crippen LogP contribution in [0.1, 0.15) is 23.6 Å². The zero-order chi connectivity index (χ0) is 20.8. The fraction of sp³-hybridized carbons (Fsp3) is 0.200. The van der Waals surface area contributed by atoms with E-state index in [-0.39, 0.29) is 5.92 Å². The molecule has 0 bridgehead atoms. The van der Waals surface area contributed by atoms with Crippen molar-refractivity contribution in [3.05, 3.63) is 102 Å². The largest absolute Gasteiger partial charge is 0.253 e. The molecule has 0 aliphatic rings. The molecule has 2 unspecified atom stereocenters. The third kappa shape index (κ3) is 5.62. The molecule has 0 spiro atoms. The quantitative estimate of drug-likeness (QED) is 0.475. The first kappa shape index (κ1) is 21.4. The average molecular weight is 423 g/mol. The molecule has 0 heterocycles. The minimum Gasteiger partial charge on any atom is -0.253 e. The van der Waals surface area contributed by atoms with E-state index in [9.17, 15) is 8.42 Å². The predicted molar refractivity (Wildman–Crippen MR) is 124 cm³/mol. The van der Waals surface area contributed by atoms with Gasteiger partial charge in [-0.05, 0) is 43.7 Å². The van der Waals surface area contributed by atoms with Crippen molar-refractivity contribution < 1.29 is 8.42 Å². The van der Waals surface area contributed by atoms with Crippen molar-refractivity contribution in [3.8, 4) is 0 Å². The third-order valence-corrected chi connectivity index (χ3v) is 8.97. The Labute approximate surface area is 178 Å². The van der Waals surface area contributed by atoms with Gasteiger partial charge in [0.25, 0.3) is 0 Å². The van der Waals surface area contributed by atoms with Crippen molar-refractivity contribution in [2.45, 2.75) is 35.1 Å². The molecular weight excluding hydrogens is 396 g/mol. The lowest BCUT2D eigenvalue weighted by Gasteiger charge is -2.21. The van der Waals surface area contributed by atoms with Gasteiger partial charge in [0.15, 0.2) is 0 Å². The first-order valence-electron chi connectivity index (χ1n) is 9.63. The summed E-state index contributed by atoms with van der Waals surface area (Å²) in [6, 6.07) is 25.3. The Hall–Kier alpha value is -2.30. The standard InChI is InChI=1S/C25H26O2S2/c1-19-9-15-23(16-10-19)28(26)25(29(27)24-17-11-20(2)12-18-24)21(3)13-14-22-7-5-4-6-8-22/h4-18,21,25H,1-3H3/b14-13+/t21-,25?,28?,29?/m1/s1. The van der Waals surface area contributed by atoms with E-state index >= 15 is 0 Å². The molecule has 3 aromatic rings. The Morgan fingerprint density at radius 2 is 1.14 bits per heavy atom. The Kier molecular flexibility index (Phi) is 7.34. The monoisotopic (exact) mass is 422 g/mol. The van der Waals surface area contributed by atoms with E-state index in [0.717, 1.165) is 16.7 Å². The molecule has 0 amide bonds. The summed E-state index contributed by atoms with van der Waals surface area (Å²) >= 11 is 0. The molecule has 0 aromatic heterocycles. The van der Waals surface area contributed by atoms with E-state index < -0.39 is 26.2 Å². The van der Waals surface area contributed by atoms with Gasteiger partial charge in [0.05, 0.1) is 21.6 Å². The molecule has 3 aromatic carbocycles. The highest BCUT2D eigenvalue weighted by Crippen LogP contribution is 2.27. The van der Waals surface area contributed by atoms with Crippen LogP contribution in [0, 0.1) is 19.8 Å². The zero-order valence-electron chi connectivity index (χ0n) is 16.9. The number of hydrogen-bond acceptors (Lipinski definition) is 2. The summed E-state index contributed by atoms with van der Waals surface area (Å²) in [5, 5.41) is 0. The summed E-state index contributed by atoms with van der Waals surface area (Å²) < 4.78 is 26.4. The second kappa shape index (κ2) is 9.95. The van der Waals surface area contributed by atoms with Crippen molar-refractivity contribution >= 4 is 27.7 Å². The molecule has 29 heavy (non-hydrogen) atoms. The molecule has 0 radical (unpaired) electrons. The summed E-state index contributed by atoms with van der Waals surface area (Å²) in [4.78, 5) is 1.42. The maximum Gasteiger partial charge on any atom is 0.125 e. The zero-order valence-corrected chi connectivity index (χ0v) is 18.6. The molecule has 3 atom stereocenters. The van der Waals surface area contributed by atoms with E-state index in [0.29, 0.717) is 9.79 Å². The van der Waals surface area contributed by atoms with Crippen LogP contribution in [-0.2, 0) is 21.6 Å². The van der Waals surface area contributed by atoms with Crippen LogP contribution in [0.4, 0.5) is 0 Å². The summed E-state index contributed by atoms with van der Waals surface area (Å²) in [6.07, 6.45) is 4.02. The van der Waals surface area contributed by atoms with Gasteiger partial charge in [0, 0.05) is 15.7 Å². The second-order valence-electron chi connectivity index (χ2n) is 7.22. The Bertz CT molecular complexity index is 949. The number of rotatable bonds is 7. The van der Waals surface area contributed by atoms with Crippen LogP contribution in [0.15, 0.2) is 94.7 Å². The van der Waals surface area contributed by atoms with Crippen molar-refractivity contribution in [2.24, 2.45) is 5.92 Å². The van der Waals surface area contributed by atoms with E-state index in [1.54, 1.807) is 0 Å². The van der Waals surface area contributed by atoms with Crippen LogP contribution >= 0.6 is 0 Å². The van der Waals surface area contributed by atoms with E-state index in [1.165, 1.54) is 0 Å². The van der Waals surface area contributed by atoms with Crippen LogP contribution in [0.25, 0.3) is 6.08 Å². The molecule has 0 aliphatic heterocycles. The summed E-state index contributed by atoms with van der Waals surface area (Å²) in [6.45, 7) is 5.99. The highest BCUT2D eigenvalue weighted by Gasteiger charge is 2.30. The van der Waals surface area contributed by atoms with Gasteiger partial charge >= 0.3 is 0 Å². The Morgan fingerprint density at radius 3 is 1.59 bits per heavy atom. The molecule has 0 saturated carbocycles. The van der Waals surface area contributed by atoms with Gasteiger partial charge in [-0.2, -0.15) is 0 Å². The van der Waals surface area contributed by atoms with Gasteiger partial charge in [0.2, 0.25) is 0 Å². The molecular formula is C25H26O2S2. The van der Waals surface area contributed by atoms with Gasteiger partial charge in [-0.1, -0.05) is 84.8 Å². The maximum atomic E-state index is 13.5. The lowest BCUT2D eigenvalue weighted by atomic mass is 10.1. The van der Waals surface area contributed by atoms with Crippen LogP contribution in [0.3, 0.4) is 0 Å². The molecule has 150 valence electrons. The van der Waals surface area contributed by atoms with Gasteiger partial charge in [-0.15, -0.1) is 0 Å². The number of benzene rings is 3. The van der Waals surface area contributed by atoms with Gasteiger partial charge in [-0.25, -0.2) is 0 Å². The molecule has 0 N–H and O–H groups in total. The first-order valence-corrected chi connectivity index (χ1v) is 12.1. The van der Waals surface area contributed by atoms with E-state index in [1.807, 2.05) is 112 Å². The minimum atomic E-state index is -1.40.